The number of hydrogen-bond donors (Lipinski definition) is 6. The predicted molar refractivity (Wildman–Crippen MR) is 111 cm³/mol. The molecule has 0 aliphatic heterocycles. The highest BCUT2D eigenvalue weighted by Crippen LogP contribution is 2.42. The molecule has 10 nitrogen and oxygen atoms in total. The van der Waals surface area contributed by atoms with E-state index in [-0.39, 0.29) is 5.97 Å². The maximum absolute atomic E-state index is 11.8. The fourth-order valence-corrected chi connectivity index (χ4v) is 3.48. The number of allylic oxidation sites excluding steroid dienone is 2. The van der Waals surface area contributed by atoms with Crippen LogP contribution in [-0.2, 0) is 19.1 Å². The van der Waals surface area contributed by atoms with E-state index in [1.165, 1.54) is 0 Å². The standard InChI is InChI=1S/C14H23NO6.C7H12O3/c16-6-10(17)11(18)12(19)13(20)14(21)15-5-9-4-7-1-2-8(9)3-7;1-6(2)7(8)10-5-4-9-3/h1-2,7-13,16-20H,3-6H2,(H,15,21);1,4-5H2,2-3H3/t7?,8?,9?,10-,11-,12+,13-;/m1./s1. The Hall–Kier alpha value is -1.82. The van der Waals surface area contributed by atoms with Crippen molar-refractivity contribution in [2.75, 3.05) is 33.5 Å². The summed E-state index contributed by atoms with van der Waals surface area (Å²) in [5.74, 6) is 0.213. The van der Waals surface area contributed by atoms with Crippen LogP contribution >= 0.6 is 0 Å². The van der Waals surface area contributed by atoms with Crippen LogP contribution in [0.4, 0.5) is 0 Å². The van der Waals surface area contributed by atoms with Gasteiger partial charge in [-0.3, -0.25) is 4.79 Å². The molecule has 0 spiro atoms. The van der Waals surface area contributed by atoms with Crippen molar-refractivity contribution in [3.05, 3.63) is 24.3 Å². The van der Waals surface area contributed by atoms with Crippen LogP contribution in [-0.4, -0.2) is 95.3 Å². The number of rotatable bonds is 11. The van der Waals surface area contributed by atoms with Crippen molar-refractivity contribution in [2.45, 2.75) is 44.2 Å². The second-order valence-electron chi connectivity index (χ2n) is 7.87. The molecule has 0 aromatic rings. The molecule has 0 heterocycles. The first-order valence-corrected chi connectivity index (χ1v) is 10.2. The normalized spacial score (nSPS) is 25.1. The van der Waals surface area contributed by atoms with Crippen molar-refractivity contribution in [2.24, 2.45) is 17.8 Å². The highest BCUT2D eigenvalue weighted by molar-refractivity contribution is 5.86. The van der Waals surface area contributed by atoms with Crippen molar-refractivity contribution < 1.29 is 44.6 Å². The number of ether oxygens (including phenoxy) is 2. The van der Waals surface area contributed by atoms with Gasteiger partial charge in [0.25, 0.3) is 5.91 Å². The maximum atomic E-state index is 11.8. The second-order valence-corrected chi connectivity index (χ2v) is 7.87. The van der Waals surface area contributed by atoms with Gasteiger partial charge >= 0.3 is 5.97 Å². The van der Waals surface area contributed by atoms with Gasteiger partial charge in [0.1, 0.15) is 24.9 Å². The minimum atomic E-state index is -1.85. The van der Waals surface area contributed by atoms with E-state index >= 15 is 0 Å². The first-order valence-electron chi connectivity index (χ1n) is 10.2. The zero-order valence-electron chi connectivity index (χ0n) is 18.0. The number of aliphatic hydroxyl groups is 5. The summed E-state index contributed by atoms with van der Waals surface area (Å²) in [6.45, 7) is 5.38. The Morgan fingerprint density at radius 2 is 1.81 bits per heavy atom. The van der Waals surface area contributed by atoms with Gasteiger partial charge in [0.2, 0.25) is 0 Å². The third-order valence-electron chi connectivity index (χ3n) is 5.35. The largest absolute Gasteiger partial charge is 0.460 e. The van der Waals surface area contributed by atoms with Gasteiger partial charge in [0, 0.05) is 19.2 Å². The second kappa shape index (κ2) is 13.6. The summed E-state index contributed by atoms with van der Waals surface area (Å²) >= 11 is 0. The lowest BCUT2D eigenvalue weighted by molar-refractivity contribution is -0.149. The molecule has 0 aromatic heterocycles. The number of amides is 1. The third-order valence-corrected chi connectivity index (χ3v) is 5.35. The van der Waals surface area contributed by atoms with E-state index in [1.807, 2.05) is 0 Å². The molecule has 2 rings (SSSR count). The zero-order valence-corrected chi connectivity index (χ0v) is 18.0. The lowest BCUT2D eigenvalue weighted by Gasteiger charge is -2.26. The van der Waals surface area contributed by atoms with Crippen LogP contribution < -0.4 is 5.32 Å². The van der Waals surface area contributed by atoms with Crippen molar-refractivity contribution in [3.63, 3.8) is 0 Å². The van der Waals surface area contributed by atoms with Crippen LogP contribution in [0.3, 0.4) is 0 Å². The van der Waals surface area contributed by atoms with Gasteiger partial charge in [-0.15, -0.1) is 0 Å². The Kier molecular flexibility index (Phi) is 11.9. The minimum absolute atomic E-state index is 0.294. The number of hydrogen-bond acceptors (Lipinski definition) is 9. The van der Waals surface area contributed by atoms with Crippen molar-refractivity contribution >= 4 is 11.9 Å². The smallest absolute Gasteiger partial charge is 0.333 e. The molecule has 1 saturated carbocycles. The Labute approximate surface area is 182 Å². The minimum Gasteiger partial charge on any atom is -0.460 e. The molecular weight excluding hydrogens is 410 g/mol. The molecule has 1 fully saturated rings. The average Bonchev–Trinajstić information content (AvgIpc) is 3.39. The molecule has 178 valence electrons. The quantitative estimate of drug-likeness (QED) is 0.0960. The third kappa shape index (κ3) is 8.68. The first kappa shape index (κ1) is 27.2. The van der Waals surface area contributed by atoms with Crippen LogP contribution in [0.15, 0.2) is 24.3 Å². The number of aliphatic hydroxyl groups excluding tert-OH is 5. The Morgan fingerprint density at radius 1 is 1.13 bits per heavy atom. The van der Waals surface area contributed by atoms with E-state index in [9.17, 15) is 30.0 Å². The van der Waals surface area contributed by atoms with Crippen LogP contribution in [0.5, 0.6) is 0 Å². The molecule has 0 radical (unpaired) electrons. The predicted octanol–water partition coefficient (Wildman–Crippen LogP) is -1.50. The summed E-state index contributed by atoms with van der Waals surface area (Å²) in [5, 5.41) is 49.2. The van der Waals surface area contributed by atoms with E-state index < -0.39 is 36.9 Å². The highest BCUT2D eigenvalue weighted by Gasteiger charge is 2.37. The number of nitrogens with one attached hydrogen (secondary N) is 1. The summed E-state index contributed by atoms with van der Waals surface area (Å²) in [7, 11) is 1.55. The van der Waals surface area contributed by atoms with Gasteiger partial charge in [-0.2, -0.15) is 0 Å². The van der Waals surface area contributed by atoms with Crippen molar-refractivity contribution in [3.8, 4) is 0 Å². The summed E-state index contributed by atoms with van der Waals surface area (Å²) < 4.78 is 9.35. The number of methoxy groups -OCH3 is 1. The molecule has 1 amide bonds. The SMILES string of the molecule is C=C(C)C(=O)OCCOC.O=C(NCC1CC2C=CC1C2)[C@H](O)[C@@H](O)[C@H](O)[C@H](O)CO. The van der Waals surface area contributed by atoms with E-state index in [4.69, 9.17) is 5.11 Å². The summed E-state index contributed by atoms with van der Waals surface area (Å²) in [6, 6.07) is 0. The summed E-state index contributed by atoms with van der Waals surface area (Å²) in [4.78, 5) is 22.4. The number of carbonyl (C=O) groups is 2. The summed E-state index contributed by atoms with van der Waals surface area (Å²) in [5.41, 5.74) is 0.413. The molecule has 6 N–H and O–H groups in total. The monoisotopic (exact) mass is 445 g/mol. The van der Waals surface area contributed by atoms with E-state index in [0.29, 0.717) is 43.1 Å². The molecule has 3 unspecified atom stereocenters. The first-order chi connectivity index (χ1) is 14.6. The van der Waals surface area contributed by atoms with Crippen LogP contribution in [0, 0.1) is 17.8 Å². The van der Waals surface area contributed by atoms with Crippen molar-refractivity contribution in [1.82, 2.24) is 5.32 Å². The number of esters is 1. The van der Waals surface area contributed by atoms with E-state index in [0.717, 1.165) is 12.8 Å². The Morgan fingerprint density at radius 3 is 2.29 bits per heavy atom. The van der Waals surface area contributed by atoms with Gasteiger partial charge in [-0.1, -0.05) is 18.7 Å². The van der Waals surface area contributed by atoms with Gasteiger partial charge in [0.05, 0.1) is 13.2 Å². The highest BCUT2D eigenvalue weighted by atomic mass is 16.6. The lowest BCUT2D eigenvalue weighted by atomic mass is 9.93. The van der Waals surface area contributed by atoms with Gasteiger partial charge in [-0.25, -0.2) is 4.79 Å². The van der Waals surface area contributed by atoms with Crippen LogP contribution in [0.25, 0.3) is 0 Å². The van der Waals surface area contributed by atoms with Gasteiger partial charge in [-0.05, 0) is 37.5 Å². The Balaban J connectivity index is 0.000000407. The molecule has 2 aliphatic carbocycles. The molecule has 0 aromatic carbocycles. The molecule has 10 heteroatoms. The molecule has 2 aliphatic rings. The van der Waals surface area contributed by atoms with Crippen molar-refractivity contribution in [1.29, 1.82) is 0 Å². The topological polar surface area (TPSA) is 166 Å². The van der Waals surface area contributed by atoms with Crippen LogP contribution in [0.1, 0.15) is 19.8 Å². The maximum Gasteiger partial charge on any atom is 0.333 e. The Bertz CT molecular complexity index is 624. The fourth-order valence-electron chi connectivity index (χ4n) is 3.48. The van der Waals surface area contributed by atoms with E-state index in [2.05, 4.69) is 33.5 Å². The molecule has 31 heavy (non-hydrogen) atoms. The fraction of sp³-hybridized carbons (Fsp3) is 0.714. The zero-order chi connectivity index (χ0) is 23.6. The summed E-state index contributed by atoms with van der Waals surface area (Å²) in [6.07, 6.45) is -0.660. The lowest BCUT2D eigenvalue weighted by Crippen LogP contribution is -2.52. The average molecular weight is 446 g/mol. The van der Waals surface area contributed by atoms with Crippen LogP contribution in [0.2, 0.25) is 0 Å². The van der Waals surface area contributed by atoms with E-state index in [1.54, 1.807) is 14.0 Å². The molecular formula is C21H35NO9. The van der Waals surface area contributed by atoms with Gasteiger partial charge in [0.15, 0.2) is 6.10 Å². The van der Waals surface area contributed by atoms with Gasteiger partial charge < -0.3 is 40.3 Å². The number of carbonyl (C=O) groups excluding carboxylic acids is 2. The molecule has 7 atom stereocenters. The molecule has 2 bridgehead atoms. The molecule has 0 saturated heterocycles. The number of fused-ring (bicyclic) bond motifs is 2.